The molecule has 10 heteroatoms. The van der Waals surface area contributed by atoms with Gasteiger partial charge in [-0.2, -0.15) is 0 Å². The summed E-state index contributed by atoms with van der Waals surface area (Å²) in [5.74, 6) is -5.60. The van der Waals surface area contributed by atoms with Crippen LogP contribution in [0.2, 0.25) is 0 Å². The lowest BCUT2D eigenvalue weighted by Crippen LogP contribution is -2.27. The molecule has 0 bridgehead atoms. The van der Waals surface area contributed by atoms with E-state index in [1.165, 1.54) is 12.1 Å². The molecule has 0 radical (unpaired) electrons. The molecule has 0 saturated heterocycles. The fourth-order valence-corrected chi connectivity index (χ4v) is 1.99. The number of hydrogen-bond acceptors (Lipinski definition) is 6. The number of hydrogen-bond donors (Lipinski definition) is 1. The number of pyridine rings is 1. The van der Waals surface area contributed by atoms with E-state index in [2.05, 4.69) is 10.3 Å². The first-order valence-electron chi connectivity index (χ1n) is 7.51. The van der Waals surface area contributed by atoms with Crippen molar-refractivity contribution in [2.24, 2.45) is 0 Å². The second kappa shape index (κ2) is 8.28. The number of halogens is 3. The highest BCUT2D eigenvalue weighted by Crippen LogP contribution is 2.17. The second-order valence-electron chi connectivity index (χ2n) is 5.23. The predicted molar refractivity (Wildman–Crippen MR) is 85.2 cm³/mol. The van der Waals surface area contributed by atoms with Gasteiger partial charge in [-0.1, -0.05) is 6.92 Å². The van der Waals surface area contributed by atoms with Crippen LogP contribution in [0.15, 0.2) is 30.5 Å². The highest BCUT2D eigenvalue weighted by Gasteiger charge is 2.21. The Morgan fingerprint density at radius 1 is 1.27 bits per heavy atom. The van der Waals surface area contributed by atoms with Gasteiger partial charge in [-0.05, 0) is 24.6 Å². The molecule has 0 amide bonds. The zero-order valence-corrected chi connectivity index (χ0v) is 13.5. The third-order valence-electron chi connectivity index (χ3n) is 3.47. The number of esters is 1. The predicted octanol–water partition coefficient (Wildman–Crippen LogP) is 3.45. The SMILES string of the molecule is CCC(COC(=O)c1ccc(F)c(F)c1F)Nc1ccc([N+](=O)[O-])cn1. The summed E-state index contributed by atoms with van der Waals surface area (Å²) in [6.07, 6.45) is 1.55. The summed E-state index contributed by atoms with van der Waals surface area (Å²) in [5.41, 5.74) is -0.893. The van der Waals surface area contributed by atoms with Crippen molar-refractivity contribution in [2.45, 2.75) is 19.4 Å². The molecule has 1 aromatic carbocycles. The summed E-state index contributed by atoms with van der Waals surface area (Å²) in [7, 11) is 0. The molecule has 1 aromatic heterocycles. The number of nitrogens with one attached hydrogen (secondary N) is 1. The van der Waals surface area contributed by atoms with Gasteiger partial charge in [0.05, 0.1) is 16.5 Å². The summed E-state index contributed by atoms with van der Waals surface area (Å²) < 4.78 is 44.6. The number of carbonyl (C=O) groups excluding carboxylic acids is 1. The van der Waals surface area contributed by atoms with Gasteiger partial charge in [0.15, 0.2) is 17.5 Å². The molecule has 138 valence electrons. The number of carbonyl (C=O) groups is 1. The van der Waals surface area contributed by atoms with E-state index in [0.29, 0.717) is 18.3 Å². The third kappa shape index (κ3) is 4.47. The van der Waals surface area contributed by atoms with Crippen LogP contribution in [0.5, 0.6) is 0 Å². The molecule has 0 aliphatic heterocycles. The zero-order valence-electron chi connectivity index (χ0n) is 13.5. The lowest BCUT2D eigenvalue weighted by Gasteiger charge is -2.17. The number of ether oxygens (including phenoxy) is 1. The molecule has 1 unspecified atom stereocenters. The lowest BCUT2D eigenvalue weighted by atomic mass is 10.2. The van der Waals surface area contributed by atoms with Crippen LogP contribution in [0.4, 0.5) is 24.7 Å². The Kier molecular flexibility index (Phi) is 6.10. The summed E-state index contributed by atoms with van der Waals surface area (Å²) in [5, 5.41) is 13.5. The molecule has 7 nitrogen and oxygen atoms in total. The van der Waals surface area contributed by atoms with E-state index in [1.807, 2.05) is 0 Å². The molecule has 1 N–H and O–H groups in total. The molecule has 0 fully saturated rings. The number of benzene rings is 1. The van der Waals surface area contributed by atoms with Crippen LogP contribution in [0.3, 0.4) is 0 Å². The molecule has 0 saturated carbocycles. The minimum Gasteiger partial charge on any atom is -0.460 e. The third-order valence-corrected chi connectivity index (χ3v) is 3.47. The normalized spacial score (nSPS) is 11.7. The van der Waals surface area contributed by atoms with Gasteiger partial charge in [-0.25, -0.2) is 22.9 Å². The van der Waals surface area contributed by atoms with E-state index < -0.39 is 39.9 Å². The highest BCUT2D eigenvalue weighted by atomic mass is 19.2. The summed E-state index contributed by atoms with van der Waals surface area (Å²) in [6.45, 7) is 1.57. The molecule has 0 aliphatic rings. The molecular formula is C16H14F3N3O4. The molecule has 1 heterocycles. The van der Waals surface area contributed by atoms with Crippen molar-refractivity contribution in [3.8, 4) is 0 Å². The zero-order chi connectivity index (χ0) is 19.3. The molecular weight excluding hydrogens is 355 g/mol. The highest BCUT2D eigenvalue weighted by molar-refractivity contribution is 5.89. The summed E-state index contributed by atoms with van der Waals surface area (Å²) >= 11 is 0. The Morgan fingerprint density at radius 2 is 2.00 bits per heavy atom. The number of nitrogens with zero attached hydrogens (tertiary/aromatic N) is 2. The van der Waals surface area contributed by atoms with Crippen molar-refractivity contribution in [1.82, 2.24) is 4.98 Å². The minimum atomic E-state index is -1.75. The number of anilines is 1. The van der Waals surface area contributed by atoms with E-state index in [0.717, 1.165) is 12.3 Å². The Labute approximate surface area is 146 Å². The molecule has 26 heavy (non-hydrogen) atoms. The maximum absolute atomic E-state index is 13.6. The summed E-state index contributed by atoms with van der Waals surface area (Å²) in [4.78, 5) is 25.7. The monoisotopic (exact) mass is 369 g/mol. The van der Waals surface area contributed by atoms with E-state index in [-0.39, 0.29) is 12.3 Å². The van der Waals surface area contributed by atoms with E-state index in [9.17, 15) is 28.1 Å². The first-order valence-corrected chi connectivity index (χ1v) is 7.51. The van der Waals surface area contributed by atoms with Gasteiger partial charge >= 0.3 is 5.97 Å². The van der Waals surface area contributed by atoms with Crippen LogP contribution in [-0.2, 0) is 4.74 Å². The van der Waals surface area contributed by atoms with Gasteiger partial charge in [0.25, 0.3) is 5.69 Å². The number of aromatic nitrogens is 1. The van der Waals surface area contributed by atoms with Gasteiger partial charge in [-0.15, -0.1) is 0 Å². The van der Waals surface area contributed by atoms with Crippen LogP contribution < -0.4 is 5.32 Å². The average molecular weight is 369 g/mol. The first-order chi connectivity index (χ1) is 12.3. The van der Waals surface area contributed by atoms with Crippen molar-refractivity contribution in [3.63, 3.8) is 0 Å². The Morgan fingerprint density at radius 3 is 2.58 bits per heavy atom. The largest absolute Gasteiger partial charge is 0.460 e. The average Bonchev–Trinajstić information content (AvgIpc) is 2.63. The molecule has 2 aromatic rings. The minimum absolute atomic E-state index is 0.177. The molecule has 2 rings (SSSR count). The second-order valence-corrected chi connectivity index (χ2v) is 5.23. The van der Waals surface area contributed by atoms with Crippen LogP contribution >= 0.6 is 0 Å². The Balaban J connectivity index is 1.99. The van der Waals surface area contributed by atoms with Gasteiger partial charge in [0.2, 0.25) is 0 Å². The van der Waals surface area contributed by atoms with Gasteiger partial charge in [-0.3, -0.25) is 10.1 Å². The Bertz CT molecular complexity index is 815. The van der Waals surface area contributed by atoms with Crippen molar-refractivity contribution < 1.29 is 27.6 Å². The van der Waals surface area contributed by atoms with Crippen LogP contribution in [0, 0.1) is 27.6 Å². The first kappa shape index (κ1) is 19.2. The van der Waals surface area contributed by atoms with Crippen molar-refractivity contribution in [2.75, 3.05) is 11.9 Å². The number of nitro groups is 1. The quantitative estimate of drug-likeness (QED) is 0.348. The maximum Gasteiger partial charge on any atom is 0.341 e. The molecule has 0 aliphatic carbocycles. The fraction of sp³-hybridized carbons (Fsp3) is 0.250. The van der Waals surface area contributed by atoms with Crippen molar-refractivity contribution >= 4 is 17.5 Å². The van der Waals surface area contributed by atoms with E-state index in [4.69, 9.17) is 4.74 Å². The number of rotatable bonds is 7. The van der Waals surface area contributed by atoms with Gasteiger partial charge < -0.3 is 10.1 Å². The van der Waals surface area contributed by atoms with Crippen LogP contribution in [0.1, 0.15) is 23.7 Å². The lowest BCUT2D eigenvalue weighted by molar-refractivity contribution is -0.385. The molecule has 0 spiro atoms. The van der Waals surface area contributed by atoms with Gasteiger partial charge in [0, 0.05) is 6.07 Å². The van der Waals surface area contributed by atoms with Crippen LogP contribution in [-0.4, -0.2) is 28.5 Å². The fourth-order valence-electron chi connectivity index (χ4n) is 1.99. The van der Waals surface area contributed by atoms with E-state index in [1.54, 1.807) is 6.92 Å². The van der Waals surface area contributed by atoms with Crippen LogP contribution in [0.25, 0.3) is 0 Å². The van der Waals surface area contributed by atoms with Crippen molar-refractivity contribution in [3.05, 3.63) is 63.6 Å². The van der Waals surface area contributed by atoms with Gasteiger partial charge in [0.1, 0.15) is 18.6 Å². The Hall–Kier alpha value is -3.17. The maximum atomic E-state index is 13.6. The van der Waals surface area contributed by atoms with E-state index >= 15 is 0 Å². The standard InChI is InChI=1S/C16H14F3N3O4/c1-2-9(21-13-6-3-10(7-20-13)22(24)25)8-26-16(23)11-4-5-12(17)15(19)14(11)18/h3-7,9H,2,8H2,1H3,(H,20,21). The topological polar surface area (TPSA) is 94.4 Å². The smallest absolute Gasteiger partial charge is 0.341 e. The summed E-state index contributed by atoms with van der Waals surface area (Å²) in [6, 6.07) is 3.64. The van der Waals surface area contributed by atoms with Crippen molar-refractivity contribution in [1.29, 1.82) is 0 Å². The molecule has 1 atom stereocenters.